The van der Waals surface area contributed by atoms with Gasteiger partial charge in [0.05, 0.1) is 26.0 Å². The molecule has 9 nitrogen and oxygen atoms in total. The molecule has 1 atom stereocenters. The highest BCUT2D eigenvalue weighted by Crippen LogP contribution is 2.25. The molecule has 0 saturated carbocycles. The molecule has 0 aromatic heterocycles. The number of aryl methyl sites for hydroxylation is 1. The highest BCUT2D eigenvalue weighted by atomic mass is 16.6. The highest BCUT2D eigenvalue weighted by Gasteiger charge is 2.23. The molecule has 0 aliphatic heterocycles. The van der Waals surface area contributed by atoms with Crippen LogP contribution in [0.5, 0.6) is 0 Å². The zero-order valence-corrected chi connectivity index (χ0v) is 17.3. The first-order chi connectivity index (χ1) is 13.4. The van der Waals surface area contributed by atoms with E-state index in [9.17, 15) is 19.2 Å². The highest BCUT2D eigenvalue weighted by molar-refractivity contribution is 5.93. The number of nitrogens with one attached hydrogen (secondary N) is 2. The zero-order chi connectivity index (χ0) is 22.2. The average Bonchev–Trinajstić information content (AvgIpc) is 2.59. The van der Waals surface area contributed by atoms with Crippen molar-refractivity contribution in [3.05, 3.63) is 29.3 Å². The molecule has 3 N–H and O–H groups in total. The molecular formula is C20H28N2O7. The molecule has 0 aliphatic rings. The molecule has 1 unspecified atom stereocenters. The maximum Gasteiger partial charge on any atom is 0.408 e. The Morgan fingerprint density at radius 1 is 1.14 bits per heavy atom. The average molecular weight is 408 g/mol. The van der Waals surface area contributed by atoms with Gasteiger partial charge in [-0.25, -0.2) is 4.79 Å². The number of carbonyl (C=O) groups excluding carboxylic acids is 3. The van der Waals surface area contributed by atoms with Gasteiger partial charge in [0.25, 0.3) is 0 Å². The fourth-order valence-electron chi connectivity index (χ4n) is 2.38. The third-order valence-electron chi connectivity index (χ3n) is 3.79. The van der Waals surface area contributed by atoms with E-state index in [1.165, 1.54) is 7.11 Å². The van der Waals surface area contributed by atoms with Gasteiger partial charge < -0.3 is 25.2 Å². The Labute approximate surface area is 169 Å². The van der Waals surface area contributed by atoms with Crippen LogP contribution in [0.15, 0.2) is 18.2 Å². The molecule has 0 heterocycles. The lowest BCUT2D eigenvalue weighted by molar-refractivity contribution is -0.141. The fourth-order valence-corrected chi connectivity index (χ4v) is 2.38. The molecule has 1 aromatic rings. The second-order valence-corrected chi connectivity index (χ2v) is 7.50. The predicted octanol–water partition coefficient (Wildman–Crippen LogP) is 2.93. The first kappa shape index (κ1) is 23.9. The van der Waals surface area contributed by atoms with Crippen molar-refractivity contribution in [2.24, 2.45) is 0 Å². The summed E-state index contributed by atoms with van der Waals surface area (Å²) in [5.41, 5.74) is 1.04. The molecule has 1 aromatic carbocycles. The molecule has 0 saturated heterocycles. The Kier molecular flexibility index (Phi) is 8.62. The molecule has 0 aliphatic carbocycles. The Morgan fingerprint density at radius 3 is 2.34 bits per heavy atom. The molecule has 9 heteroatoms. The summed E-state index contributed by atoms with van der Waals surface area (Å²) in [6, 6.07) is 4.32. The lowest BCUT2D eigenvalue weighted by atomic mass is 10.0. The molecule has 2 amide bonds. The first-order valence-corrected chi connectivity index (χ1v) is 9.10. The van der Waals surface area contributed by atoms with E-state index < -0.39 is 35.6 Å². The van der Waals surface area contributed by atoms with E-state index in [0.717, 1.165) is 5.56 Å². The van der Waals surface area contributed by atoms with E-state index >= 15 is 0 Å². The van der Waals surface area contributed by atoms with Crippen molar-refractivity contribution in [2.75, 3.05) is 12.4 Å². The molecule has 0 fully saturated rings. The minimum Gasteiger partial charge on any atom is -0.481 e. The largest absolute Gasteiger partial charge is 0.481 e. The van der Waals surface area contributed by atoms with E-state index in [1.807, 2.05) is 0 Å². The van der Waals surface area contributed by atoms with E-state index in [4.69, 9.17) is 14.6 Å². The second kappa shape index (κ2) is 10.4. The van der Waals surface area contributed by atoms with Crippen LogP contribution in [-0.2, 0) is 23.9 Å². The molecule has 0 radical (unpaired) electrons. The summed E-state index contributed by atoms with van der Waals surface area (Å²) in [4.78, 5) is 46.6. The van der Waals surface area contributed by atoms with Crippen LogP contribution in [0.1, 0.15) is 57.2 Å². The molecule has 0 spiro atoms. The van der Waals surface area contributed by atoms with Gasteiger partial charge in [0.15, 0.2) is 0 Å². The third kappa shape index (κ3) is 9.09. The number of carboxylic acid groups (broad SMARTS) is 1. The smallest absolute Gasteiger partial charge is 0.408 e. The maximum absolute atomic E-state index is 12.2. The summed E-state index contributed by atoms with van der Waals surface area (Å²) < 4.78 is 9.95. The summed E-state index contributed by atoms with van der Waals surface area (Å²) >= 11 is 0. The van der Waals surface area contributed by atoms with Gasteiger partial charge in [-0.05, 0) is 44.9 Å². The first-order valence-electron chi connectivity index (χ1n) is 9.10. The van der Waals surface area contributed by atoms with Crippen molar-refractivity contribution in [1.82, 2.24) is 5.32 Å². The zero-order valence-electron chi connectivity index (χ0n) is 17.3. The number of carbonyl (C=O) groups is 4. The number of methoxy groups -OCH3 is 1. The Hall–Kier alpha value is -3.10. The second-order valence-electron chi connectivity index (χ2n) is 7.50. The molecular weight excluding hydrogens is 380 g/mol. The summed E-state index contributed by atoms with van der Waals surface area (Å²) in [7, 11) is 1.25. The van der Waals surface area contributed by atoms with Crippen LogP contribution in [0.25, 0.3) is 0 Å². The van der Waals surface area contributed by atoms with Crippen LogP contribution in [0.3, 0.4) is 0 Å². The van der Waals surface area contributed by atoms with E-state index in [1.54, 1.807) is 45.9 Å². The van der Waals surface area contributed by atoms with Crippen LogP contribution in [0.2, 0.25) is 0 Å². The number of aliphatic carboxylic acids is 1. The number of amides is 2. The van der Waals surface area contributed by atoms with Crippen molar-refractivity contribution in [3.63, 3.8) is 0 Å². The lowest BCUT2D eigenvalue weighted by Gasteiger charge is -2.24. The fraction of sp³-hybridized carbons (Fsp3) is 0.500. The van der Waals surface area contributed by atoms with E-state index in [2.05, 4.69) is 10.6 Å². The Balaban J connectivity index is 3.05. The number of carboxylic acids is 1. The monoisotopic (exact) mass is 408 g/mol. The van der Waals surface area contributed by atoms with Gasteiger partial charge in [-0.1, -0.05) is 12.1 Å². The maximum atomic E-state index is 12.2. The number of ether oxygens (including phenoxy) is 2. The topological polar surface area (TPSA) is 131 Å². The quantitative estimate of drug-likeness (QED) is 0.564. The number of esters is 1. The van der Waals surface area contributed by atoms with Crippen LogP contribution in [-0.4, -0.2) is 41.8 Å². The number of benzene rings is 1. The minimum atomic E-state index is -1.06. The van der Waals surface area contributed by atoms with Gasteiger partial charge in [-0.2, -0.15) is 0 Å². The standard InChI is InChI=1S/C20H28N2O7/c1-12-6-7-13(10-14(12)21-16(23)8-9-17(24)25)15(11-18(26)28-5)22-19(27)29-20(2,3)4/h6-7,10,15H,8-9,11H2,1-5H3,(H,21,23)(H,22,27)(H,24,25). The van der Waals surface area contributed by atoms with E-state index in [0.29, 0.717) is 11.3 Å². The van der Waals surface area contributed by atoms with E-state index in [-0.39, 0.29) is 19.3 Å². The van der Waals surface area contributed by atoms with Gasteiger partial charge >= 0.3 is 18.0 Å². The van der Waals surface area contributed by atoms with Crippen molar-refractivity contribution in [2.45, 2.75) is 58.6 Å². The van der Waals surface area contributed by atoms with Crippen LogP contribution in [0.4, 0.5) is 10.5 Å². The minimum absolute atomic E-state index is 0.134. The molecule has 0 bridgehead atoms. The normalized spacial score (nSPS) is 11.9. The molecule has 29 heavy (non-hydrogen) atoms. The summed E-state index contributed by atoms with van der Waals surface area (Å²) in [6.45, 7) is 6.93. The van der Waals surface area contributed by atoms with Gasteiger partial charge in [0, 0.05) is 12.1 Å². The Morgan fingerprint density at radius 2 is 1.79 bits per heavy atom. The van der Waals surface area contributed by atoms with Gasteiger partial charge in [-0.15, -0.1) is 0 Å². The van der Waals surface area contributed by atoms with Crippen molar-refractivity contribution < 1.29 is 33.8 Å². The number of anilines is 1. The predicted molar refractivity (Wildman–Crippen MR) is 105 cm³/mol. The van der Waals surface area contributed by atoms with Crippen molar-refractivity contribution in [3.8, 4) is 0 Å². The van der Waals surface area contributed by atoms with Crippen molar-refractivity contribution in [1.29, 1.82) is 0 Å². The van der Waals surface area contributed by atoms with Crippen LogP contribution < -0.4 is 10.6 Å². The van der Waals surface area contributed by atoms with Gasteiger partial charge in [-0.3, -0.25) is 14.4 Å². The summed E-state index contributed by atoms with van der Waals surface area (Å²) in [5.74, 6) is -2.04. The summed E-state index contributed by atoms with van der Waals surface area (Å²) in [5, 5.41) is 14.0. The number of alkyl carbamates (subject to hydrolysis) is 1. The number of hydrogen-bond acceptors (Lipinski definition) is 6. The molecule has 1 rings (SSSR count). The SMILES string of the molecule is COC(=O)CC(NC(=O)OC(C)(C)C)c1ccc(C)c(NC(=O)CCC(=O)O)c1. The van der Waals surface area contributed by atoms with Crippen LogP contribution >= 0.6 is 0 Å². The lowest BCUT2D eigenvalue weighted by Crippen LogP contribution is -2.36. The Bertz CT molecular complexity index is 769. The van der Waals surface area contributed by atoms with Crippen LogP contribution in [0, 0.1) is 6.92 Å². The van der Waals surface area contributed by atoms with Gasteiger partial charge in [0.2, 0.25) is 5.91 Å². The third-order valence-corrected chi connectivity index (χ3v) is 3.79. The molecule has 160 valence electrons. The number of rotatable bonds is 8. The van der Waals surface area contributed by atoms with Gasteiger partial charge in [0.1, 0.15) is 5.60 Å². The summed E-state index contributed by atoms with van der Waals surface area (Å²) in [6.07, 6.45) is -1.28. The number of hydrogen-bond donors (Lipinski definition) is 3. The van der Waals surface area contributed by atoms with Crippen molar-refractivity contribution >= 4 is 29.6 Å².